The van der Waals surface area contributed by atoms with E-state index in [0.29, 0.717) is 11.1 Å². The van der Waals surface area contributed by atoms with Crippen molar-refractivity contribution in [3.63, 3.8) is 0 Å². The fraction of sp³-hybridized carbons (Fsp3) is 0.125. The second-order valence-corrected chi connectivity index (χ2v) is 7.26. The lowest BCUT2D eigenvalue weighted by atomic mass is 9.65. The van der Waals surface area contributed by atoms with Crippen LogP contribution in [0.3, 0.4) is 0 Å². The van der Waals surface area contributed by atoms with Gasteiger partial charge in [-0.15, -0.1) is 0 Å². The summed E-state index contributed by atoms with van der Waals surface area (Å²) in [4.78, 5) is 26.3. The molecule has 1 heterocycles. The Morgan fingerprint density at radius 1 is 0.806 bits per heavy atom. The lowest BCUT2D eigenvalue weighted by molar-refractivity contribution is 0.0708. The molecule has 1 aliphatic rings. The molecule has 0 aromatic heterocycles. The first-order valence-electron chi connectivity index (χ1n) is 9.55. The molecule has 3 aromatic carbocycles. The number of ketones is 1. The Morgan fingerprint density at radius 3 is 1.68 bits per heavy atom. The van der Waals surface area contributed by atoms with Gasteiger partial charge < -0.3 is 10.6 Å². The molecule has 1 aliphatic heterocycles. The van der Waals surface area contributed by atoms with Crippen molar-refractivity contribution in [3.8, 4) is 6.07 Å². The Morgan fingerprint density at radius 2 is 1.26 bits per heavy atom. The van der Waals surface area contributed by atoms with Gasteiger partial charge in [0, 0.05) is 5.56 Å². The van der Waals surface area contributed by atoms with E-state index < -0.39 is 40.9 Å². The van der Waals surface area contributed by atoms with Gasteiger partial charge in [-0.3, -0.25) is 4.79 Å². The molecule has 0 radical (unpaired) electrons. The number of amides is 2. The van der Waals surface area contributed by atoms with Gasteiger partial charge in [-0.1, -0.05) is 54.6 Å². The minimum atomic E-state index is -1.83. The molecule has 0 bridgehead atoms. The van der Waals surface area contributed by atoms with Gasteiger partial charge in [-0.2, -0.15) is 5.26 Å². The molecule has 31 heavy (non-hydrogen) atoms. The summed E-state index contributed by atoms with van der Waals surface area (Å²) in [5, 5.41) is 15.8. The highest BCUT2D eigenvalue weighted by atomic mass is 19.1. The van der Waals surface area contributed by atoms with Crippen molar-refractivity contribution in [2.45, 2.75) is 12.1 Å². The standard InChI is InChI=1S/C24H17F2N3O2/c25-18-10-6-15(7-11-18)20-24(14-27,22(30)17-4-2-1-3-5-17)21(29-23(31)28-20)16-8-12-19(26)13-9-16/h1-13,20-21H,(H2,28,29,31)/t20-,21+,24?. The van der Waals surface area contributed by atoms with Crippen molar-refractivity contribution in [1.29, 1.82) is 5.26 Å². The van der Waals surface area contributed by atoms with Gasteiger partial charge in [0.2, 0.25) is 0 Å². The van der Waals surface area contributed by atoms with Crippen LogP contribution in [0.1, 0.15) is 33.6 Å². The van der Waals surface area contributed by atoms with E-state index in [1.54, 1.807) is 30.3 Å². The molecule has 154 valence electrons. The Bertz CT molecular complexity index is 1100. The molecule has 0 saturated carbocycles. The summed E-state index contributed by atoms with van der Waals surface area (Å²) >= 11 is 0. The SMILES string of the molecule is N#CC1(C(=O)c2ccccc2)[C@@H](c2ccc(F)cc2)NC(=O)N[C@H]1c1ccc(F)cc1. The monoisotopic (exact) mass is 417 g/mol. The molecule has 0 aliphatic carbocycles. The van der Waals surface area contributed by atoms with Crippen molar-refractivity contribution in [2.24, 2.45) is 5.41 Å². The number of carbonyl (C=O) groups excluding carboxylic acids is 2. The minimum absolute atomic E-state index is 0.279. The van der Waals surface area contributed by atoms with E-state index >= 15 is 0 Å². The highest BCUT2D eigenvalue weighted by Crippen LogP contribution is 2.48. The Labute approximate surface area is 177 Å². The molecular weight excluding hydrogens is 400 g/mol. The lowest BCUT2D eigenvalue weighted by Gasteiger charge is -2.44. The van der Waals surface area contributed by atoms with Gasteiger partial charge in [0.25, 0.3) is 0 Å². The number of hydrogen-bond acceptors (Lipinski definition) is 3. The first kappa shape index (κ1) is 20.2. The maximum absolute atomic E-state index is 13.8. The van der Waals surface area contributed by atoms with Crippen LogP contribution in [0.25, 0.3) is 0 Å². The third-order valence-electron chi connectivity index (χ3n) is 5.46. The molecule has 1 unspecified atom stereocenters. The molecule has 3 atom stereocenters. The number of nitriles is 1. The summed E-state index contributed by atoms with van der Waals surface area (Å²) in [6.45, 7) is 0. The molecule has 7 heteroatoms. The number of Topliss-reactive ketones (excluding diaryl/α,β-unsaturated/α-hetero) is 1. The number of rotatable bonds is 4. The Balaban J connectivity index is 1.95. The van der Waals surface area contributed by atoms with Gasteiger partial charge in [0.15, 0.2) is 11.2 Å². The fourth-order valence-corrected chi connectivity index (χ4v) is 3.97. The molecule has 0 spiro atoms. The zero-order valence-corrected chi connectivity index (χ0v) is 16.2. The predicted molar refractivity (Wildman–Crippen MR) is 109 cm³/mol. The number of nitrogens with zero attached hydrogens (tertiary/aromatic N) is 1. The number of urea groups is 1. The maximum atomic E-state index is 13.8. The minimum Gasteiger partial charge on any atom is -0.329 e. The highest BCUT2D eigenvalue weighted by molar-refractivity contribution is 6.05. The van der Waals surface area contributed by atoms with Crippen LogP contribution in [0.15, 0.2) is 78.9 Å². The number of nitrogens with one attached hydrogen (secondary N) is 2. The first-order valence-corrected chi connectivity index (χ1v) is 9.55. The van der Waals surface area contributed by atoms with Crippen LogP contribution in [0.5, 0.6) is 0 Å². The highest BCUT2D eigenvalue weighted by Gasteiger charge is 2.57. The quantitative estimate of drug-likeness (QED) is 0.615. The predicted octanol–water partition coefficient (Wildman–Crippen LogP) is 4.45. The maximum Gasteiger partial charge on any atom is 0.315 e. The van der Waals surface area contributed by atoms with E-state index in [1.807, 2.05) is 0 Å². The van der Waals surface area contributed by atoms with Gasteiger partial charge in [-0.25, -0.2) is 13.6 Å². The van der Waals surface area contributed by atoms with E-state index in [-0.39, 0.29) is 5.56 Å². The largest absolute Gasteiger partial charge is 0.329 e. The molecule has 2 amide bonds. The van der Waals surface area contributed by atoms with E-state index in [2.05, 4.69) is 16.7 Å². The topological polar surface area (TPSA) is 82.0 Å². The van der Waals surface area contributed by atoms with Gasteiger partial charge in [0.1, 0.15) is 11.6 Å². The molecule has 2 N–H and O–H groups in total. The van der Waals surface area contributed by atoms with Crippen LogP contribution in [0.2, 0.25) is 0 Å². The summed E-state index contributed by atoms with van der Waals surface area (Å²) < 4.78 is 27.1. The van der Waals surface area contributed by atoms with Gasteiger partial charge >= 0.3 is 6.03 Å². The van der Waals surface area contributed by atoms with Crippen molar-refractivity contribution in [1.82, 2.24) is 10.6 Å². The average molecular weight is 417 g/mol. The summed E-state index contributed by atoms with van der Waals surface area (Å²) in [6, 6.07) is 18.2. The van der Waals surface area contributed by atoms with Gasteiger partial charge in [0.05, 0.1) is 18.2 Å². The van der Waals surface area contributed by atoms with Crippen LogP contribution in [0.4, 0.5) is 13.6 Å². The molecule has 4 rings (SSSR count). The summed E-state index contributed by atoms with van der Waals surface area (Å²) in [6.07, 6.45) is 0. The fourth-order valence-electron chi connectivity index (χ4n) is 3.97. The van der Waals surface area contributed by atoms with Crippen molar-refractivity contribution in [3.05, 3.63) is 107 Å². The van der Waals surface area contributed by atoms with Crippen molar-refractivity contribution >= 4 is 11.8 Å². The zero-order valence-electron chi connectivity index (χ0n) is 16.2. The van der Waals surface area contributed by atoms with Crippen LogP contribution < -0.4 is 10.6 Å². The molecule has 1 saturated heterocycles. The second kappa shape index (κ2) is 8.00. The Kier molecular flexibility index (Phi) is 5.22. The average Bonchev–Trinajstić information content (AvgIpc) is 2.80. The lowest BCUT2D eigenvalue weighted by Crippen LogP contribution is -2.60. The second-order valence-electron chi connectivity index (χ2n) is 7.26. The van der Waals surface area contributed by atoms with Gasteiger partial charge in [-0.05, 0) is 35.4 Å². The van der Waals surface area contributed by atoms with Crippen LogP contribution in [-0.4, -0.2) is 11.8 Å². The number of benzene rings is 3. The van der Waals surface area contributed by atoms with E-state index in [4.69, 9.17) is 0 Å². The summed E-state index contributed by atoms with van der Waals surface area (Å²) in [5.74, 6) is -1.50. The number of carbonyl (C=O) groups is 2. The summed E-state index contributed by atoms with van der Waals surface area (Å²) in [7, 11) is 0. The van der Waals surface area contributed by atoms with E-state index in [0.717, 1.165) is 0 Å². The zero-order chi connectivity index (χ0) is 22.0. The molecular formula is C24H17F2N3O2. The van der Waals surface area contributed by atoms with Crippen LogP contribution >= 0.6 is 0 Å². The molecule has 1 fully saturated rings. The van der Waals surface area contributed by atoms with E-state index in [1.165, 1.54) is 48.5 Å². The molecule has 5 nitrogen and oxygen atoms in total. The third kappa shape index (κ3) is 3.53. The Hall–Kier alpha value is -4.05. The summed E-state index contributed by atoms with van der Waals surface area (Å²) in [5.41, 5.74) is -0.755. The van der Waals surface area contributed by atoms with Crippen molar-refractivity contribution < 1.29 is 18.4 Å². The number of halogens is 2. The van der Waals surface area contributed by atoms with Crippen LogP contribution in [0, 0.1) is 28.4 Å². The first-order chi connectivity index (χ1) is 15.0. The van der Waals surface area contributed by atoms with Crippen molar-refractivity contribution in [2.75, 3.05) is 0 Å². The molecule has 3 aromatic rings. The number of hydrogen-bond donors (Lipinski definition) is 2. The normalized spacial score (nSPS) is 22.7. The third-order valence-corrected chi connectivity index (χ3v) is 5.46. The smallest absolute Gasteiger partial charge is 0.315 e. The van der Waals surface area contributed by atoms with Crippen LogP contribution in [-0.2, 0) is 0 Å². The van der Waals surface area contributed by atoms with E-state index in [9.17, 15) is 23.6 Å².